The summed E-state index contributed by atoms with van der Waals surface area (Å²) >= 11 is 0. The highest BCUT2D eigenvalue weighted by Gasteiger charge is 2.39. The first-order chi connectivity index (χ1) is 11.4. The summed E-state index contributed by atoms with van der Waals surface area (Å²) in [5, 5.41) is 14.7. The Morgan fingerprint density at radius 2 is 2.25 bits per heavy atom. The summed E-state index contributed by atoms with van der Waals surface area (Å²) in [6.07, 6.45) is 5.47. The van der Waals surface area contributed by atoms with E-state index in [1.807, 2.05) is 4.90 Å². The topological polar surface area (TPSA) is 95.6 Å². The van der Waals surface area contributed by atoms with E-state index in [-0.39, 0.29) is 12.5 Å². The maximum Gasteiger partial charge on any atom is 0.259 e. The van der Waals surface area contributed by atoms with Gasteiger partial charge in [-0.05, 0) is 20.3 Å². The van der Waals surface area contributed by atoms with Crippen LogP contribution in [0, 0.1) is 13.8 Å². The lowest BCUT2D eigenvalue weighted by atomic mass is 10.0. The van der Waals surface area contributed by atoms with Gasteiger partial charge in [-0.15, -0.1) is 0 Å². The van der Waals surface area contributed by atoms with Crippen molar-refractivity contribution in [2.75, 3.05) is 31.6 Å². The van der Waals surface area contributed by atoms with Gasteiger partial charge in [0.05, 0.1) is 18.4 Å². The molecule has 2 aromatic heterocycles. The highest BCUT2D eigenvalue weighted by Crippen LogP contribution is 2.26. The van der Waals surface area contributed by atoms with Gasteiger partial charge in [-0.25, -0.2) is 4.98 Å². The van der Waals surface area contributed by atoms with Crippen LogP contribution in [-0.4, -0.2) is 63.3 Å². The normalized spacial score (nSPS) is 20.4. The smallest absolute Gasteiger partial charge is 0.259 e. The number of likely N-dealkylation sites (N-methyl/N-ethyl adjacent to an activating group) is 1. The standard InChI is InChI=1S/C16H21N5O3/c1-11-14(12(2)24-19-11)15(22)20(3)9-16(23)4-7-21(10-16)13-8-17-5-6-18-13/h5-6,8,23H,4,7,9-10H2,1-3H3/t16-/m1/s1. The fourth-order valence-electron chi connectivity index (χ4n) is 3.13. The van der Waals surface area contributed by atoms with E-state index < -0.39 is 5.60 Å². The lowest BCUT2D eigenvalue weighted by molar-refractivity contribution is 0.0263. The van der Waals surface area contributed by atoms with E-state index in [1.165, 1.54) is 4.90 Å². The SMILES string of the molecule is Cc1noc(C)c1C(=O)N(C)C[C@]1(O)CCN(c2cnccn2)C1. The van der Waals surface area contributed by atoms with Crippen LogP contribution in [0.25, 0.3) is 0 Å². The number of amides is 1. The first kappa shape index (κ1) is 16.4. The predicted octanol–water partition coefficient (Wildman–Crippen LogP) is 0.795. The van der Waals surface area contributed by atoms with Gasteiger partial charge in [-0.2, -0.15) is 0 Å². The van der Waals surface area contributed by atoms with Crippen LogP contribution in [0.5, 0.6) is 0 Å². The molecule has 1 fully saturated rings. The average Bonchev–Trinajstić information content (AvgIpc) is 3.10. The first-order valence-corrected chi connectivity index (χ1v) is 7.81. The average molecular weight is 331 g/mol. The van der Waals surface area contributed by atoms with Crippen LogP contribution >= 0.6 is 0 Å². The minimum atomic E-state index is -0.985. The molecule has 1 aliphatic rings. The van der Waals surface area contributed by atoms with Gasteiger partial charge in [0.15, 0.2) is 0 Å². The van der Waals surface area contributed by atoms with Crippen molar-refractivity contribution in [3.8, 4) is 0 Å². The van der Waals surface area contributed by atoms with Gasteiger partial charge in [-0.3, -0.25) is 9.78 Å². The molecule has 24 heavy (non-hydrogen) atoms. The molecule has 1 N–H and O–H groups in total. The zero-order valence-corrected chi connectivity index (χ0v) is 14.1. The van der Waals surface area contributed by atoms with E-state index in [1.54, 1.807) is 39.5 Å². The second-order valence-electron chi connectivity index (χ2n) is 6.32. The molecule has 0 unspecified atom stereocenters. The fourth-order valence-corrected chi connectivity index (χ4v) is 3.13. The van der Waals surface area contributed by atoms with Crippen molar-refractivity contribution in [2.24, 2.45) is 0 Å². The molecule has 128 valence electrons. The second kappa shape index (κ2) is 6.20. The maximum atomic E-state index is 12.6. The van der Waals surface area contributed by atoms with Crippen molar-refractivity contribution < 1.29 is 14.4 Å². The van der Waals surface area contributed by atoms with Gasteiger partial charge in [-0.1, -0.05) is 5.16 Å². The van der Waals surface area contributed by atoms with Crippen LogP contribution in [0.15, 0.2) is 23.1 Å². The Kier molecular flexibility index (Phi) is 4.23. The van der Waals surface area contributed by atoms with E-state index in [0.717, 1.165) is 5.82 Å². The number of nitrogens with zero attached hydrogens (tertiary/aromatic N) is 5. The molecule has 1 amide bonds. The Morgan fingerprint density at radius 3 is 2.88 bits per heavy atom. The van der Waals surface area contributed by atoms with Crippen molar-refractivity contribution in [3.05, 3.63) is 35.6 Å². The summed E-state index contributed by atoms with van der Waals surface area (Å²) in [4.78, 5) is 24.4. The lowest BCUT2D eigenvalue weighted by Gasteiger charge is -2.29. The van der Waals surface area contributed by atoms with E-state index in [2.05, 4.69) is 15.1 Å². The van der Waals surface area contributed by atoms with Gasteiger partial charge in [0.2, 0.25) is 0 Å². The van der Waals surface area contributed by atoms with Gasteiger partial charge >= 0.3 is 0 Å². The molecule has 8 heteroatoms. The molecule has 1 atom stereocenters. The van der Waals surface area contributed by atoms with E-state index in [0.29, 0.717) is 36.5 Å². The van der Waals surface area contributed by atoms with Crippen LogP contribution in [0.1, 0.15) is 28.2 Å². The molecule has 3 rings (SSSR count). The van der Waals surface area contributed by atoms with Gasteiger partial charge in [0.1, 0.15) is 22.7 Å². The number of aryl methyl sites for hydroxylation is 2. The Balaban J connectivity index is 1.68. The number of anilines is 1. The minimum Gasteiger partial charge on any atom is -0.386 e. The third kappa shape index (κ3) is 3.09. The van der Waals surface area contributed by atoms with Crippen LogP contribution < -0.4 is 4.90 Å². The summed E-state index contributed by atoms with van der Waals surface area (Å²) in [6.45, 7) is 4.75. The Bertz CT molecular complexity index is 713. The quantitative estimate of drug-likeness (QED) is 0.885. The molecule has 8 nitrogen and oxygen atoms in total. The number of hydrogen-bond donors (Lipinski definition) is 1. The molecule has 0 bridgehead atoms. The van der Waals surface area contributed by atoms with E-state index in [4.69, 9.17) is 4.52 Å². The molecule has 3 heterocycles. The number of carbonyl (C=O) groups is 1. The molecule has 0 saturated carbocycles. The van der Waals surface area contributed by atoms with Crippen molar-refractivity contribution in [1.29, 1.82) is 0 Å². The van der Waals surface area contributed by atoms with Crippen molar-refractivity contribution >= 4 is 11.7 Å². The molecule has 0 radical (unpaired) electrons. The molecule has 0 aromatic carbocycles. The minimum absolute atomic E-state index is 0.197. The van der Waals surface area contributed by atoms with E-state index in [9.17, 15) is 9.90 Å². The maximum absolute atomic E-state index is 12.6. The van der Waals surface area contributed by atoms with Crippen LogP contribution in [0.4, 0.5) is 5.82 Å². The molecule has 2 aromatic rings. The lowest BCUT2D eigenvalue weighted by Crippen LogP contribution is -2.46. The molecule has 0 spiro atoms. The summed E-state index contributed by atoms with van der Waals surface area (Å²) < 4.78 is 5.05. The summed E-state index contributed by atoms with van der Waals surface area (Å²) in [5.41, 5.74) is 0.0368. The highest BCUT2D eigenvalue weighted by atomic mass is 16.5. The summed E-state index contributed by atoms with van der Waals surface area (Å²) in [7, 11) is 1.68. The Labute approximate surface area is 140 Å². The molecule has 1 saturated heterocycles. The number of hydrogen-bond acceptors (Lipinski definition) is 7. The largest absolute Gasteiger partial charge is 0.386 e. The highest BCUT2D eigenvalue weighted by molar-refractivity contribution is 5.96. The molecule has 1 aliphatic heterocycles. The number of rotatable bonds is 4. The number of aliphatic hydroxyl groups is 1. The Hall–Kier alpha value is -2.48. The molecular weight excluding hydrogens is 310 g/mol. The van der Waals surface area contributed by atoms with Crippen molar-refractivity contribution in [3.63, 3.8) is 0 Å². The fraction of sp³-hybridized carbons (Fsp3) is 0.500. The molecule has 0 aliphatic carbocycles. The first-order valence-electron chi connectivity index (χ1n) is 7.81. The third-order valence-electron chi connectivity index (χ3n) is 4.33. The summed E-state index contributed by atoms with van der Waals surface area (Å²) in [5.74, 6) is 1.02. The number of β-amino-alcohol motifs (C(OH)–C–C–N with tert-alkyl or cyclic N) is 1. The van der Waals surface area contributed by atoms with E-state index >= 15 is 0 Å². The molecular formula is C16H21N5O3. The number of carbonyl (C=O) groups excluding carboxylic acids is 1. The van der Waals surface area contributed by atoms with Gasteiger partial charge in [0, 0.05) is 32.5 Å². The monoisotopic (exact) mass is 331 g/mol. The summed E-state index contributed by atoms with van der Waals surface area (Å²) in [6, 6.07) is 0. The zero-order chi connectivity index (χ0) is 17.3. The van der Waals surface area contributed by atoms with Crippen molar-refractivity contribution in [2.45, 2.75) is 25.9 Å². The van der Waals surface area contributed by atoms with Crippen LogP contribution in [-0.2, 0) is 0 Å². The van der Waals surface area contributed by atoms with Crippen molar-refractivity contribution in [1.82, 2.24) is 20.0 Å². The van der Waals surface area contributed by atoms with Crippen LogP contribution in [0.2, 0.25) is 0 Å². The third-order valence-corrected chi connectivity index (χ3v) is 4.33. The predicted molar refractivity (Wildman–Crippen MR) is 86.7 cm³/mol. The second-order valence-corrected chi connectivity index (χ2v) is 6.32. The van der Waals surface area contributed by atoms with Crippen LogP contribution in [0.3, 0.4) is 0 Å². The van der Waals surface area contributed by atoms with Gasteiger partial charge < -0.3 is 19.4 Å². The zero-order valence-electron chi connectivity index (χ0n) is 14.1. The number of aromatic nitrogens is 3. The van der Waals surface area contributed by atoms with Gasteiger partial charge in [0.25, 0.3) is 5.91 Å². The Morgan fingerprint density at radius 1 is 1.46 bits per heavy atom.